The molecule has 10 heteroatoms. The van der Waals surface area contributed by atoms with E-state index < -0.39 is 18.1 Å². The van der Waals surface area contributed by atoms with E-state index in [1.165, 1.54) is 39.8 Å². The highest BCUT2D eigenvalue weighted by atomic mass is 35.5. The van der Waals surface area contributed by atoms with E-state index >= 15 is 0 Å². The summed E-state index contributed by atoms with van der Waals surface area (Å²) in [5, 5.41) is 2.68. The Bertz CT molecular complexity index is 1720. The molecule has 1 saturated heterocycles. The van der Waals surface area contributed by atoms with Gasteiger partial charge in [0, 0.05) is 26.9 Å². The van der Waals surface area contributed by atoms with Crippen LogP contribution in [0.25, 0.3) is 10.1 Å². The van der Waals surface area contributed by atoms with Crippen LogP contribution in [0.4, 0.5) is 0 Å². The molecular formula is C31H23ClN2O4S3. The molecule has 2 aliphatic rings. The predicted molar refractivity (Wildman–Crippen MR) is 167 cm³/mol. The number of thioether (sulfide) groups is 2. The molecule has 3 aromatic carbocycles. The van der Waals surface area contributed by atoms with Crippen molar-refractivity contribution in [1.82, 2.24) is 4.90 Å². The van der Waals surface area contributed by atoms with Crippen molar-refractivity contribution in [3.63, 3.8) is 0 Å². The molecule has 2 aliphatic heterocycles. The van der Waals surface area contributed by atoms with E-state index in [9.17, 15) is 14.4 Å². The number of hydrogen-bond acceptors (Lipinski definition) is 8. The maximum Gasteiger partial charge on any atom is 0.356 e. The number of nitrogens with zero attached hydrogens (tertiary/aromatic N) is 1. The fourth-order valence-corrected chi connectivity index (χ4v) is 8.27. The van der Waals surface area contributed by atoms with Crippen LogP contribution in [-0.4, -0.2) is 33.9 Å². The van der Waals surface area contributed by atoms with Crippen molar-refractivity contribution in [2.24, 2.45) is 5.73 Å². The minimum Gasteiger partial charge on any atom is -0.448 e. The molecule has 0 unspecified atom stereocenters. The van der Waals surface area contributed by atoms with Crippen molar-refractivity contribution < 1.29 is 14.3 Å². The quantitative estimate of drug-likeness (QED) is 0.147. The molecule has 0 radical (unpaired) electrons. The Hall–Kier alpha value is -3.34. The highest BCUT2D eigenvalue weighted by Crippen LogP contribution is 2.41. The third-order valence-corrected chi connectivity index (χ3v) is 10.4. The molecule has 6 nitrogen and oxygen atoms in total. The highest BCUT2D eigenvalue weighted by Gasteiger charge is 2.52. The summed E-state index contributed by atoms with van der Waals surface area (Å²) in [6.45, 7) is 0. The summed E-state index contributed by atoms with van der Waals surface area (Å²) in [7, 11) is 0. The largest absolute Gasteiger partial charge is 0.448 e. The first kappa shape index (κ1) is 27.8. The van der Waals surface area contributed by atoms with Crippen LogP contribution >= 0.6 is 46.5 Å². The monoisotopic (exact) mass is 618 g/mol. The standard InChI is InChI=1S/C31H23ClN2O4S3/c32-21-11-12-22-23(35)16-25(41-24(22)15-21)39-14-13-20-17-40-30-26(33)29(36)34(30)27(20)31(37)38-28(18-7-3-1-4-8-18)19-9-5-2-6-10-19/h1-16,26,28,30H,17,33H2/b14-13+/t26-,30-/m1/s1. The third kappa shape index (κ3) is 5.60. The van der Waals surface area contributed by atoms with E-state index in [2.05, 4.69) is 0 Å². The minimum absolute atomic E-state index is 0.0844. The molecule has 6 rings (SSSR count). The van der Waals surface area contributed by atoms with Crippen LogP contribution in [-0.2, 0) is 14.3 Å². The van der Waals surface area contributed by atoms with Crippen molar-refractivity contribution in [1.29, 1.82) is 0 Å². The summed E-state index contributed by atoms with van der Waals surface area (Å²) in [5.41, 5.74) is 8.48. The summed E-state index contributed by atoms with van der Waals surface area (Å²) >= 11 is 10.5. The number of rotatable bonds is 7. The van der Waals surface area contributed by atoms with Gasteiger partial charge in [0.25, 0.3) is 0 Å². The van der Waals surface area contributed by atoms with Gasteiger partial charge in [-0.3, -0.25) is 14.5 Å². The second-order valence-corrected chi connectivity index (χ2v) is 13.2. The van der Waals surface area contributed by atoms with Gasteiger partial charge in [-0.25, -0.2) is 4.79 Å². The van der Waals surface area contributed by atoms with Crippen molar-refractivity contribution in [3.8, 4) is 0 Å². The molecule has 41 heavy (non-hydrogen) atoms. The number of carbonyl (C=O) groups is 2. The molecule has 2 N–H and O–H groups in total. The van der Waals surface area contributed by atoms with Crippen molar-refractivity contribution in [3.05, 3.63) is 134 Å². The Morgan fingerprint density at radius 2 is 1.71 bits per heavy atom. The summed E-state index contributed by atoms with van der Waals surface area (Å²) in [6, 6.07) is 25.1. The fraction of sp³-hybridized carbons (Fsp3) is 0.129. The molecule has 1 amide bonds. The smallest absolute Gasteiger partial charge is 0.356 e. The molecule has 2 atom stereocenters. The van der Waals surface area contributed by atoms with Gasteiger partial charge in [0.05, 0.1) is 4.21 Å². The number of nitrogens with two attached hydrogens (primary N) is 1. The molecule has 3 heterocycles. The number of esters is 1. The highest BCUT2D eigenvalue weighted by molar-refractivity contribution is 8.04. The van der Waals surface area contributed by atoms with Crippen LogP contribution in [0.15, 0.2) is 117 Å². The van der Waals surface area contributed by atoms with Crippen LogP contribution in [0.2, 0.25) is 5.02 Å². The van der Waals surface area contributed by atoms with E-state index in [1.807, 2.05) is 66.1 Å². The van der Waals surface area contributed by atoms with Crippen LogP contribution in [0.5, 0.6) is 0 Å². The van der Waals surface area contributed by atoms with Gasteiger partial charge in [-0.15, -0.1) is 23.1 Å². The lowest BCUT2D eigenvalue weighted by Crippen LogP contribution is -2.68. The maximum atomic E-state index is 13.8. The first-order valence-corrected chi connectivity index (χ1v) is 15.8. The second kappa shape index (κ2) is 11.9. The molecule has 0 aliphatic carbocycles. The first-order chi connectivity index (χ1) is 19.9. The Morgan fingerprint density at radius 1 is 1.02 bits per heavy atom. The van der Waals surface area contributed by atoms with Crippen LogP contribution in [0.1, 0.15) is 17.2 Å². The molecular weight excluding hydrogens is 596 g/mol. The molecule has 0 bridgehead atoms. The lowest BCUT2D eigenvalue weighted by molar-refractivity contribution is -0.153. The SMILES string of the molecule is N[C@@H]1C(=O)N2C(C(=O)OC(c3ccccc3)c3ccccc3)=C(/C=C/Sc3cc(=O)c4ccc(Cl)cc4s3)CS[C@H]12. The maximum absolute atomic E-state index is 13.8. The van der Waals surface area contributed by atoms with Crippen LogP contribution in [0, 0.1) is 0 Å². The normalized spacial score (nSPS) is 18.6. The number of β-lactam (4-membered cyclic amide) rings is 1. The summed E-state index contributed by atoms with van der Waals surface area (Å²) in [5.74, 6) is -0.426. The third-order valence-electron chi connectivity index (χ3n) is 6.78. The molecule has 0 spiro atoms. The van der Waals surface area contributed by atoms with Gasteiger partial charge in [-0.05, 0) is 46.4 Å². The van der Waals surface area contributed by atoms with Gasteiger partial charge >= 0.3 is 5.97 Å². The van der Waals surface area contributed by atoms with Gasteiger partial charge in [0.15, 0.2) is 11.5 Å². The number of hydrogen-bond donors (Lipinski definition) is 1. The van der Waals surface area contributed by atoms with E-state index in [1.54, 1.807) is 30.3 Å². The number of ether oxygens (including phenoxy) is 1. The first-order valence-electron chi connectivity index (χ1n) is 12.7. The zero-order chi connectivity index (χ0) is 28.5. The number of allylic oxidation sites excluding steroid dienone is 1. The van der Waals surface area contributed by atoms with E-state index in [4.69, 9.17) is 22.1 Å². The summed E-state index contributed by atoms with van der Waals surface area (Å²) in [4.78, 5) is 40.7. The van der Waals surface area contributed by atoms with Gasteiger partial charge in [0.2, 0.25) is 5.91 Å². The molecule has 1 fully saturated rings. The minimum atomic E-state index is -0.663. The Morgan fingerprint density at radius 3 is 2.39 bits per heavy atom. The Kier molecular flexibility index (Phi) is 8.05. The zero-order valence-electron chi connectivity index (χ0n) is 21.4. The Labute approximate surface area is 253 Å². The van der Waals surface area contributed by atoms with Crippen molar-refractivity contribution in [2.45, 2.75) is 21.7 Å². The predicted octanol–water partition coefficient (Wildman–Crippen LogP) is 6.35. The van der Waals surface area contributed by atoms with Crippen molar-refractivity contribution in [2.75, 3.05) is 5.75 Å². The second-order valence-electron chi connectivity index (χ2n) is 9.41. The number of halogens is 1. The molecule has 206 valence electrons. The van der Waals surface area contributed by atoms with Crippen LogP contribution < -0.4 is 11.2 Å². The van der Waals surface area contributed by atoms with E-state index in [0.29, 0.717) is 21.7 Å². The van der Waals surface area contributed by atoms with Crippen LogP contribution in [0.3, 0.4) is 0 Å². The number of carbonyl (C=O) groups excluding carboxylic acids is 2. The van der Waals surface area contributed by atoms with Gasteiger partial charge < -0.3 is 10.5 Å². The fourth-order valence-electron chi connectivity index (χ4n) is 4.75. The number of fused-ring (bicyclic) bond motifs is 2. The average molecular weight is 619 g/mol. The lowest BCUT2D eigenvalue weighted by atomic mass is 10.0. The molecule has 0 saturated carbocycles. The van der Waals surface area contributed by atoms with Gasteiger partial charge in [0.1, 0.15) is 17.1 Å². The van der Waals surface area contributed by atoms with Gasteiger partial charge in [-0.1, -0.05) is 84.0 Å². The average Bonchev–Trinajstić information content (AvgIpc) is 2.99. The number of benzene rings is 3. The van der Waals surface area contributed by atoms with Gasteiger partial charge in [-0.2, -0.15) is 0 Å². The van der Waals surface area contributed by atoms with E-state index in [-0.39, 0.29) is 22.4 Å². The molecule has 4 aromatic rings. The topological polar surface area (TPSA) is 89.7 Å². The summed E-state index contributed by atoms with van der Waals surface area (Å²) < 4.78 is 7.71. The zero-order valence-corrected chi connectivity index (χ0v) is 24.6. The lowest BCUT2D eigenvalue weighted by Gasteiger charge is -2.48. The van der Waals surface area contributed by atoms with E-state index in [0.717, 1.165) is 20.0 Å². The number of amides is 1. The molecule has 1 aromatic heterocycles. The summed E-state index contributed by atoms with van der Waals surface area (Å²) in [6.07, 6.45) is 1.15. The Balaban J connectivity index is 1.32. The van der Waals surface area contributed by atoms with Crippen molar-refractivity contribution >= 4 is 68.4 Å².